The Bertz CT molecular complexity index is 1100. The average Bonchev–Trinajstić information content (AvgIpc) is 2.80. The van der Waals surface area contributed by atoms with E-state index in [4.69, 9.17) is 9.72 Å². The van der Waals surface area contributed by atoms with E-state index in [1.54, 1.807) is 17.0 Å². The molecule has 1 amide bonds. The maximum atomic E-state index is 14.0. The molecule has 168 valence electrons. The van der Waals surface area contributed by atoms with E-state index < -0.39 is 0 Å². The monoisotopic (exact) mass is 436 g/mol. The Hall–Kier alpha value is -3.19. The normalized spacial score (nSPS) is 14.1. The third-order valence-corrected chi connectivity index (χ3v) is 5.72. The zero-order valence-corrected chi connectivity index (χ0v) is 18.6. The van der Waals surface area contributed by atoms with Gasteiger partial charge in [0, 0.05) is 55.8 Å². The summed E-state index contributed by atoms with van der Waals surface area (Å²) in [6.07, 6.45) is -0.263. The van der Waals surface area contributed by atoms with E-state index >= 15 is 0 Å². The molecule has 0 aliphatic carbocycles. The molecule has 0 saturated carbocycles. The molecule has 0 spiro atoms. The second-order valence-corrected chi connectivity index (χ2v) is 8.04. The molecule has 0 radical (unpaired) electrons. The molecule has 3 aromatic rings. The first-order valence-electron chi connectivity index (χ1n) is 11.1. The van der Waals surface area contributed by atoms with Crippen molar-refractivity contribution in [1.82, 2.24) is 15.2 Å². The van der Waals surface area contributed by atoms with Crippen molar-refractivity contribution in [3.63, 3.8) is 0 Å². The van der Waals surface area contributed by atoms with E-state index in [1.165, 1.54) is 11.6 Å². The number of nitrogens with zero attached hydrogens (tertiary/aromatic N) is 3. The summed E-state index contributed by atoms with van der Waals surface area (Å²) in [5.74, 6) is 0.702. The molecule has 32 heavy (non-hydrogen) atoms. The lowest BCUT2D eigenvalue weighted by atomic mass is 10.1. The van der Waals surface area contributed by atoms with Crippen LogP contribution in [0.4, 0.5) is 15.0 Å². The van der Waals surface area contributed by atoms with Crippen molar-refractivity contribution in [3.05, 3.63) is 71.0 Å². The molecule has 6 nitrogen and oxygen atoms in total. The van der Waals surface area contributed by atoms with E-state index in [1.807, 2.05) is 19.1 Å². The van der Waals surface area contributed by atoms with Gasteiger partial charge in [-0.05, 0) is 38.1 Å². The molecule has 1 aliphatic rings. The first-order valence-corrected chi connectivity index (χ1v) is 11.1. The number of aromatic nitrogens is 1. The third kappa shape index (κ3) is 4.99. The number of piperazine rings is 1. The highest BCUT2D eigenvalue weighted by Crippen LogP contribution is 2.26. The van der Waals surface area contributed by atoms with Crippen molar-refractivity contribution in [1.29, 1.82) is 0 Å². The largest absolute Gasteiger partial charge is 0.450 e. The molecule has 0 atom stereocenters. The lowest BCUT2D eigenvalue weighted by Crippen LogP contribution is -2.49. The van der Waals surface area contributed by atoms with Gasteiger partial charge in [-0.1, -0.05) is 29.8 Å². The predicted octanol–water partition coefficient (Wildman–Crippen LogP) is 4.25. The van der Waals surface area contributed by atoms with Crippen LogP contribution in [0.2, 0.25) is 0 Å². The number of aryl methyl sites for hydroxylation is 1. The Balaban J connectivity index is 1.54. The van der Waals surface area contributed by atoms with E-state index in [-0.39, 0.29) is 11.9 Å². The molecule has 1 aromatic heterocycles. The second-order valence-electron chi connectivity index (χ2n) is 8.04. The predicted molar refractivity (Wildman–Crippen MR) is 124 cm³/mol. The molecule has 2 aromatic carbocycles. The molecule has 7 heteroatoms. The van der Waals surface area contributed by atoms with Crippen LogP contribution in [-0.4, -0.2) is 48.8 Å². The zero-order valence-electron chi connectivity index (χ0n) is 18.6. The topological polar surface area (TPSA) is 57.7 Å². The first-order chi connectivity index (χ1) is 15.5. The lowest BCUT2D eigenvalue weighted by molar-refractivity contribution is 0.105. The van der Waals surface area contributed by atoms with Crippen LogP contribution >= 0.6 is 0 Å². The molecule has 2 heterocycles. The van der Waals surface area contributed by atoms with Gasteiger partial charge in [0.2, 0.25) is 0 Å². The van der Waals surface area contributed by atoms with Crippen LogP contribution in [0.5, 0.6) is 0 Å². The SMILES string of the molecule is CCOC(=O)N1CCN(c2nc3ccc(C)cc3cc2CNCc2ccccc2F)CC1. The van der Waals surface area contributed by atoms with Crippen LogP contribution < -0.4 is 10.2 Å². The van der Waals surface area contributed by atoms with Crippen LogP contribution in [0.15, 0.2) is 48.5 Å². The van der Waals surface area contributed by atoms with Crippen LogP contribution in [0, 0.1) is 12.7 Å². The summed E-state index contributed by atoms with van der Waals surface area (Å²) in [6.45, 7) is 7.82. The fourth-order valence-corrected chi connectivity index (χ4v) is 4.02. The summed E-state index contributed by atoms with van der Waals surface area (Å²) in [5.41, 5.74) is 3.82. The van der Waals surface area contributed by atoms with Gasteiger partial charge in [-0.15, -0.1) is 0 Å². The minimum Gasteiger partial charge on any atom is -0.450 e. The van der Waals surface area contributed by atoms with Crippen molar-refractivity contribution in [3.8, 4) is 0 Å². The number of carbonyl (C=O) groups is 1. The Morgan fingerprint density at radius 2 is 1.81 bits per heavy atom. The third-order valence-electron chi connectivity index (χ3n) is 5.72. The number of anilines is 1. The summed E-state index contributed by atoms with van der Waals surface area (Å²) in [7, 11) is 0. The maximum Gasteiger partial charge on any atom is 0.409 e. The number of ether oxygens (including phenoxy) is 1. The summed E-state index contributed by atoms with van der Waals surface area (Å²) >= 11 is 0. The summed E-state index contributed by atoms with van der Waals surface area (Å²) < 4.78 is 19.1. The molecular weight excluding hydrogens is 407 g/mol. The quantitative estimate of drug-likeness (QED) is 0.626. The fraction of sp³-hybridized carbons (Fsp3) is 0.360. The minimum atomic E-state index is -0.263. The van der Waals surface area contributed by atoms with Crippen molar-refractivity contribution >= 4 is 22.8 Å². The molecule has 1 aliphatic heterocycles. The van der Waals surface area contributed by atoms with Crippen LogP contribution in [0.3, 0.4) is 0 Å². The van der Waals surface area contributed by atoms with Gasteiger partial charge < -0.3 is 19.9 Å². The number of fused-ring (bicyclic) bond motifs is 1. The molecule has 1 saturated heterocycles. The number of amides is 1. The summed E-state index contributed by atoms with van der Waals surface area (Å²) in [6, 6.07) is 15.2. The zero-order chi connectivity index (χ0) is 22.5. The number of halogens is 1. The van der Waals surface area contributed by atoms with E-state index in [0.29, 0.717) is 51.4 Å². The van der Waals surface area contributed by atoms with E-state index in [0.717, 1.165) is 22.3 Å². The molecule has 4 rings (SSSR count). The lowest BCUT2D eigenvalue weighted by Gasteiger charge is -2.35. The van der Waals surface area contributed by atoms with Gasteiger partial charge in [0.15, 0.2) is 0 Å². The highest BCUT2D eigenvalue weighted by atomic mass is 19.1. The number of rotatable bonds is 6. The Kier molecular flexibility index (Phi) is 6.85. The summed E-state index contributed by atoms with van der Waals surface area (Å²) in [4.78, 5) is 21.0. The van der Waals surface area contributed by atoms with Gasteiger partial charge in [0.05, 0.1) is 12.1 Å². The van der Waals surface area contributed by atoms with Crippen molar-refractivity contribution < 1.29 is 13.9 Å². The number of pyridine rings is 1. The van der Waals surface area contributed by atoms with E-state index in [9.17, 15) is 9.18 Å². The average molecular weight is 437 g/mol. The Morgan fingerprint density at radius 1 is 1.06 bits per heavy atom. The first kappa shape index (κ1) is 22.0. The second kappa shape index (κ2) is 9.96. The molecular formula is C25H29FN4O2. The van der Waals surface area contributed by atoms with Crippen LogP contribution in [0.25, 0.3) is 10.9 Å². The highest BCUT2D eigenvalue weighted by molar-refractivity contribution is 5.82. The van der Waals surface area contributed by atoms with Gasteiger partial charge in [-0.3, -0.25) is 0 Å². The van der Waals surface area contributed by atoms with Gasteiger partial charge in [0.1, 0.15) is 11.6 Å². The molecule has 1 fully saturated rings. The fourth-order valence-electron chi connectivity index (χ4n) is 4.02. The van der Waals surface area contributed by atoms with Crippen LogP contribution in [-0.2, 0) is 17.8 Å². The highest BCUT2D eigenvalue weighted by Gasteiger charge is 2.24. The smallest absolute Gasteiger partial charge is 0.409 e. The standard InChI is InChI=1S/C25H29FN4O2/c1-3-32-25(31)30-12-10-29(11-13-30)24-21(15-20-14-18(2)8-9-23(20)28-24)17-27-16-19-6-4-5-7-22(19)26/h4-9,14-15,27H,3,10-13,16-17H2,1-2H3. The van der Waals surface area contributed by atoms with Crippen molar-refractivity contribution in [2.24, 2.45) is 0 Å². The Morgan fingerprint density at radius 3 is 2.56 bits per heavy atom. The minimum absolute atomic E-state index is 0.206. The van der Waals surface area contributed by atoms with E-state index in [2.05, 4.69) is 35.3 Å². The van der Waals surface area contributed by atoms with Crippen molar-refractivity contribution in [2.45, 2.75) is 26.9 Å². The van der Waals surface area contributed by atoms with Gasteiger partial charge in [-0.25, -0.2) is 14.2 Å². The Labute approximate surface area is 188 Å². The maximum absolute atomic E-state index is 14.0. The molecule has 1 N–H and O–H groups in total. The molecule has 0 bridgehead atoms. The van der Waals surface area contributed by atoms with Gasteiger partial charge >= 0.3 is 6.09 Å². The number of benzene rings is 2. The van der Waals surface area contributed by atoms with Gasteiger partial charge in [-0.2, -0.15) is 0 Å². The molecule has 0 unspecified atom stereocenters. The van der Waals surface area contributed by atoms with Crippen LogP contribution in [0.1, 0.15) is 23.6 Å². The van der Waals surface area contributed by atoms with Gasteiger partial charge in [0.25, 0.3) is 0 Å². The number of carbonyl (C=O) groups excluding carboxylic acids is 1. The number of hydrogen-bond acceptors (Lipinski definition) is 5. The number of nitrogens with one attached hydrogen (secondary N) is 1. The number of hydrogen-bond donors (Lipinski definition) is 1. The van der Waals surface area contributed by atoms with Crippen molar-refractivity contribution in [2.75, 3.05) is 37.7 Å². The summed E-state index contributed by atoms with van der Waals surface area (Å²) in [5, 5.41) is 4.45.